The van der Waals surface area contributed by atoms with Crippen LogP contribution in [0.15, 0.2) is 21.6 Å². The molecule has 1 aliphatic carbocycles. The van der Waals surface area contributed by atoms with Crippen molar-refractivity contribution in [2.45, 2.75) is 29.4 Å². The summed E-state index contributed by atoms with van der Waals surface area (Å²) in [4.78, 5) is 11.9. The molecule has 0 bridgehead atoms. The van der Waals surface area contributed by atoms with Crippen molar-refractivity contribution in [3.05, 3.63) is 17.9 Å². The molecule has 1 heterocycles. The predicted molar refractivity (Wildman–Crippen MR) is 76.5 cm³/mol. The standard InChI is InChI=1S/C12H15Cl2NO5S/c1-11(7-12(11,13)14)10(16)19-6-8-4-5-9(20-8)21(17,18)15(2)3/h4-5H,6-7H2,1-3H3. The van der Waals surface area contributed by atoms with Crippen molar-refractivity contribution in [2.75, 3.05) is 14.1 Å². The number of nitrogens with zero attached hydrogens (tertiary/aromatic N) is 1. The Morgan fingerprint density at radius 1 is 1.43 bits per heavy atom. The smallest absolute Gasteiger partial charge is 0.315 e. The Balaban J connectivity index is 2.00. The molecule has 0 aromatic carbocycles. The molecule has 1 aromatic heterocycles. The van der Waals surface area contributed by atoms with Crippen LogP contribution in [-0.4, -0.2) is 37.1 Å². The molecule has 1 fully saturated rings. The van der Waals surface area contributed by atoms with Gasteiger partial charge in [0.05, 0.1) is 0 Å². The summed E-state index contributed by atoms with van der Waals surface area (Å²) in [5, 5.41) is -0.208. The summed E-state index contributed by atoms with van der Waals surface area (Å²) in [6.45, 7) is 1.43. The third kappa shape index (κ3) is 2.92. The number of halogens is 2. The highest BCUT2D eigenvalue weighted by Gasteiger charge is 2.69. The maximum absolute atomic E-state index is 11.9. The van der Waals surface area contributed by atoms with Gasteiger partial charge in [0.1, 0.15) is 22.1 Å². The summed E-state index contributed by atoms with van der Waals surface area (Å²) in [6, 6.07) is 2.75. The van der Waals surface area contributed by atoms with Crippen LogP contribution in [0.2, 0.25) is 0 Å². The van der Waals surface area contributed by atoms with Crippen LogP contribution in [-0.2, 0) is 26.2 Å². The molecule has 1 aromatic rings. The van der Waals surface area contributed by atoms with Gasteiger partial charge in [0.25, 0.3) is 10.0 Å². The molecule has 2 rings (SSSR count). The number of esters is 1. The summed E-state index contributed by atoms with van der Waals surface area (Å²) < 4.78 is 33.8. The highest BCUT2D eigenvalue weighted by Crippen LogP contribution is 2.64. The highest BCUT2D eigenvalue weighted by molar-refractivity contribution is 7.88. The van der Waals surface area contributed by atoms with Gasteiger partial charge in [-0.1, -0.05) is 0 Å². The second-order valence-corrected chi connectivity index (χ2v) is 8.86. The predicted octanol–water partition coefficient (Wildman–Crippen LogP) is 2.16. The second kappa shape index (κ2) is 5.15. The fourth-order valence-corrected chi connectivity index (χ4v) is 3.17. The first-order chi connectivity index (χ1) is 9.50. The van der Waals surface area contributed by atoms with Gasteiger partial charge in [0, 0.05) is 20.5 Å². The van der Waals surface area contributed by atoms with E-state index in [1.165, 1.54) is 26.2 Å². The van der Waals surface area contributed by atoms with Crippen LogP contribution in [0.4, 0.5) is 0 Å². The number of alkyl halides is 2. The van der Waals surface area contributed by atoms with E-state index in [2.05, 4.69) is 0 Å². The van der Waals surface area contributed by atoms with E-state index < -0.39 is 25.7 Å². The van der Waals surface area contributed by atoms with Crippen molar-refractivity contribution in [3.8, 4) is 0 Å². The summed E-state index contributed by atoms with van der Waals surface area (Å²) in [7, 11) is -0.856. The van der Waals surface area contributed by atoms with Crippen molar-refractivity contribution >= 4 is 39.2 Å². The molecule has 118 valence electrons. The Bertz CT molecular complexity index is 667. The third-order valence-corrected chi connectivity index (χ3v) is 6.22. The quantitative estimate of drug-likeness (QED) is 0.597. The molecule has 6 nitrogen and oxygen atoms in total. The Kier molecular flexibility index (Phi) is 4.08. The fraction of sp³-hybridized carbons (Fsp3) is 0.583. The average Bonchev–Trinajstić information content (AvgIpc) is 2.78. The zero-order chi connectivity index (χ0) is 16.1. The molecule has 0 aliphatic heterocycles. The van der Waals surface area contributed by atoms with Crippen LogP contribution in [0.1, 0.15) is 19.1 Å². The Morgan fingerprint density at radius 3 is 2.48 bits per heavy atom. The number of furan rings is 1. The number of hydrogen-bond donors (Lipinski definition) is 0. The second-order valence-electron chi connectivity index (χ2n) is 5.30. The number of sulfonamides is 1. The van der Waals surface area contributed by atoms with Gasteiger partial charge in [-0.2, -0.15) is 0 Å². The van der Waals surface area contributed by atoms with Crippen LogP contribution >= 0.6 is 23.2 Å². The third-order valence-electron chi connectivity index (χ3n) is 3.43. The maximum atomic E-state index is 11.9. The minimum atomic E-state index is -3.65. The van der Waals surface area contributed by atoms with E-state index in [1.807, 2.05) is 0 Å². The average molecular weight is 356 g/mol. The zero-order valence-electron chi connectivity index (χ0n) is 11.7. The van der Waals surface area contributed by atoms with Crippen LogP contribution in [0.25, 0.3) is 0 Å². The monoisotopic (exact) mass is 355 g/mol. The first-order valence-electron chi connectivity index (χ1n) is 6.07. The molecule has 1 saturated carbocycles. The van der Waals surface area contributed by atoms with E-state index in [0.29, 0.717) is 6.42 Å². The first kappa shape index (κ1) is 16.6. The van der Waals surface area contributed by atoms with Gasteiger partial charge < -0.3 is 9.15 Å². The lowest BCUT2D eigenvalue weighted by Crippen LogP contribution is -2.21. The minimum absolute atomic E-state index is 0.179. The van der Waals surface area contributed by atoms with Gasteiger partial charge in [0.2, 0.25) is 5.09 Å². The SMILES string of the molecule is CN(C)S(=O)(=O)c1ccc(COC(=O)C2(C)CC2(Cl)Cl)o1. The molecule has 0 saturated heterocycles. The topological polar surface area (TPSA) is 76.8 Å². The summed E-state index contributed by atoms with van der Waals surface area (Å²) >= 11 is 11.8. The van der Waals surface area contributed by atoms with Crippen molar-refractivity contribution in [3.63, 3.8) is 0 Å². The normalized spacial score (nSPS) is 24.1. The van der Waals surface area contributed by atoms with Gasteiger partial charge in [0.15, 0.2) is 0 Å². The molecule has 1 unspecified atom stereocenters. The molecule has 1 atom stereocenters. The molecule has 21 heavy (non-hydrogen) atoms. The van der Waals surface area contributed by atoms with Gasteiger partial charge in [-0.3, -0.25) is 4.79 Å². The number of ether oxygens (including phenoxy) is 1. The summed E-state index contributed by atoms with van der Waals surface area (Å²) in [5.41, 5.74) is -0.929. The van der Waals surface area contributed by atoms with E-state index in [9.17, 15) is 13.2 Å². The zero-order valence-corrected chi connectivity index (χ0v) is 14.0. The Morgan fingerprint density at radius 2 is 2.00 bits per heavy atom. The number of rotatable bonds is 5. The molecule has 9 heteroatoms. The van der Waals surface area contributed by atoms with E-state index in [-0.39, 0.29) is 17.5 Å². The first-order valence-corrected chi connectivity index (χ1v) is 8.26. The molecular weight excluding hydrogens is 341 g/mol. The van der Waals surface area contributed by atoms with E-state index in [4.69, 9.17) is 32.4 Å². The number of hydrogen-bond acceptors (Lipinski definition) is 5. The largest absolute Gasteiger partial charge is 0.457 e. The van der Waals surface area contributed by atoms with Gasteiger partial charge in [-0.25, -0.2) is 12.7 Å². The summed E-state index contributed by atoms with van der Waals surface area (Å²) in [6.07, 6.45) is 0.320. The van der Waals surface area contributed by atoms with Crippen molar-refractivity contribution in [2.24, 2.45) is 5.41 Å². The lowest BCUT2D eigenvalue weighted by Gasteiger charge is -2.11. The lowest BCUT2D eigenvalue weighted by atomic mass is 10.1. The van der Waals surface area contributed by atoms with E-state index in [1.54, 1.807) is 6.92 Å². The van der Waals surface area contributed by atoms with Crippen LogP contribution in [0.5, 0.6) is 0 Å². The summed E-state index contributed by atoms with van der Waals surface area (Å²) in [5.74, 6) is -0.316. The van der Waals surface area contributed by atoms with Crippen molar-refractivity contribution in [1.29, 1.82) is 0 Å². The minimum Gasteiger partial charge on any atom is -0.457 e. The molecule has 0 amide bonds. The fourth-order valence-electron chi connectivity index (χ4n) is 1.67. The van der Waals surface area contributed by atoms with Crippen LogP contribution in [0.3, 0.4) is 0 Å². The number of carbonyl (C=O) groups excluding carboxylic acids is 1. The molecule has 0 spiro atoms. The Hall–Kier alpha value is -0.760. The van der Waals surface area contributed by atoms with Gasteiger partial charge in [-0.05, 0) is 19.1 Å². The molecule has 0 radical (unpaired) electrons. The van der Waals surface area contributed by atoms with E-state index in [0.717, 1.165) is 4.31 Å². The van der Waals surface area contributed by atoms with E-state index >= 15 is 0 Å². The molecule has 1 aliphatic rings. The molecular formula is C12H15Cl2NO5S. The van der Waals surface area contributed by atoms with Gasteiger partial charge in [-0.15, -0.1) is 23.2 Å². The Labute approximate surface area is 133 Å². The number of carbonyl (C=O) groups is 1. The lowest BCUT2D eigenvalue weighted by molar-refractivity contribution is -0.151. The highest BCUT2D eigenvalue weighted by atomic mass is 35.5. The van der Waals surface area contributed by atoms with Crippen molar-refractivity contribution < 1.29 is 22.4 Å². The van der Waals surface area contributed by atoms with Gasteiger partial charge >= 0.3 is 5.97 Å². The van der Waals surface area contributed by atoms with Crippen molar-refractivity contribution in [1.82, 2.24) is 4.31 Å². The molecule has 0 N–H and O–H groups in total. The maximum Gasteiger partial charge on any atom is 0.315 e. The van der Waals surface area contributed by atoms with Crippen LogP contribution < -0.4 is 0 Å². The van der Waals surface area contributed by atoms with Crippen LogP contribution in [0, 0.1) is 5.41 Å².